The minimum atomic E-state index is -0.0818. The lowest BCUT2D eigenvalue weighted by Gasteiger charge is -2.19. The third-order valence-corrected chi connectivity index (χ3v) is 7.52. The second-order valence-electron chi connectivity index (χ2n) is 7.34. The average Bonchev–Trinajstić information content (AvgIpc) is 3.38. The number of nitrogens with zero attached hydrogens (tertiary/aromatic N) is 4. The van der Waals surface area contributed by atoms with Gasteiger partial charge in [0.2, 0.25) is 5.91 Å². The molecule has 3 aromatic heterocycles. The lowest BCUT2D eigenvalue weighted by molar-refractivity contribution is -0.113. The number of anilines is 1. The number of thioether (sulfide) groups is 1. The minimum Gasteiger partial charge on any atom is -0.301 e. The molecule has 3 heterocycles. The van der Waals surface area contributed by atoms with Crippen molar-refractivity contribution in [1.29, 1.82) is 0 Å². The first kappa shape index (κ1) is 19.6. The summed E-state index contributed by atoms with van der Waals surface area (Å²) < 4.78 is 2.15. The Labute approximate surface area is 176 Å². The Bertz CT molecular complexity index is 961. The first-order chi connectivity index (χ1) is 13.5. The first-order valence-corrected chi connectivity index (χ1v) is 12.1. The molecule has 0 radical (unpaired) electrons. The number of fused-ring (bicyclic) bond motifs is 1. The molecule has 1 aliphatic rings. The van der Waals surface area contributed by atoms with Crippen LogP contribution in [0.4, 0.5) is 5.13 Å². The van der Waals surface area contributed by atoms with Crippen molar-refractivity contribution >= 4 is 45.5 Å². The summed E-state index contributed by atoms with van der Waals surface area (Å²) in [5.41, 5.74) is 2.66. The van der Waals surface area contributed by atoms with Crippen molar-refractivity contribution in [2.24, 2.45) is 5.92 Å². The van der Waals surface area contributed by atoms with E-state index in [0.717, 1.165) is 29.7 Å². The summed E-state index contributed by atoms with van der Waals surface area (Å²) in [4.78, 5) is 17.8. The number of carbonyl (C=O) groups excluding carboxylic acids is 1. The van der Waals surface area contributed by atoms with Gasteiger partial charge in [-0.2, -0.15) is 0 Å². The fourth-order valence-electron chi connectivity index (χ4n) is 3.46. The molecule has 0 aliphatic heterocycles. The smallest absolute Gasteiger partial charge is 0.236 e. The second kappa shape index (κ2) is 8.34. The van der Waals surface area contributed by atoms with Crippen LogP contribution < -0.4 is 5.32 Å². The molecule has 148 valence electrons. The van der Waals surface area contributed by atoms with E-state index in [4.69, 9.17) is 0 Å². The van der Waals surface area contributed by atoms with Crippen molar-refractivity contribution in [1.82, 2.24) is 19.7 Å². The van der Waals surface area contributed by atoms with Crippen molar-refractivity contribution in [3.63, 3.8) is 0 Å². The van der Waals surface area contributed by atoms with E-state index in [-0.39, 0.29) is 17.7 Å². The third kappa shape index (κ3) is 4.01. The predicted octanol–water partition coefficient (Wildman–Crippen LogP) is 4.90. The van der Waals surface area contributed by atoms with Crippen LogP contribution in [0.1, 0.15) is 43.7 Å². The number of hydrogen-bond acceptors (Lipinski definition) is 7. The highest BCUT2D eigenvalue weighted by atomic mass is 32.2. The zero-order valence-corrected chi connectivity index (χ0v) is 18.6. The van der Waals surface area contributed by atoms with Gasteiger partial charge in [0.15, 0.2) is 16.1 Å². The molecule has 6 nitrogen and oxygen atoms in total. The summed E-state index contributed by atoms with van der Waals surface area (Å²) in [6.07, 6.45) is 5.18. The number of hydrogen-bond donors (Lipinski definition) is 1. The largest absolute Gasteiger partial charge is 0.301 e. The van der Waals surface area contributed by atoms with E-state index >= 15 is 0 Å². The highest BCUT2D eigenvalue weighted by Crippen LogP contribution is 2.39. The van der Waals surface area contributed by atoms with Crippen molar-refractivity contribution in [3.05, 3.63) is 27.4 Å². The quantitative estimate of drug-likeness (QED) is 0.560. The van der Waals surface area contributed by atoms with Gasteiger partial charge in [0.25, 0.3) is 0 Å². The number of aromatic nitrogens is 4. The zero-order valence-electron chi connectivity index (χ0n) is 16.1. The van der Waals surface area contributed by atoms with E-state index in [9.17, 15) is 4.79 Å². The zero-order chi connectivity index (χ0) is 19.7. The molecule has 1 unspecified atom stereocenters. The third-order valence-electron chi connectivity index (χ3n) is 4.83. The molecule has 1 aliphatic carbocycles. The molecule has 9 heteroatoms. The summed E-state index contributed by atoms with van der Waals surface area (Å²) in [5.74, 6) is 1.87. The summed E-state index contributed by atoms with van der Waals surface area (Å²) in [7, 11) is 0. The van der Waals surface area contributed by atoms with Gasteiger partial charge in [-0.3, -0.25) is 9.36 Å². The SMILES string of the molecule is CC1CCc2c(-c3nnc(SCC(=O)Nc4nccs4)n3C(C)C)csc2C1. The lowest BCUT2D eigenvalue weighted by atomic mass is 9.88. The average molecular weight is 434 g/mol. The van der Waals surface area contributed by atoms with Crippen LogP contribution in [0.5, 0.6) is 0 Å². The van der Waals surface area contributed by atoms with Crippen LogP contribution in [0, 0.1) is 5.92 Å². The molecule has 1 amide bonds. The van der Waals surface area contributed by atoms with Crippen LogP contribution >= 0.6 is 34.4 Å². The van der Waals surface area contributed by atoms with E-state index in [0.29, 0.717) is 5.13 Å². The van der Waals surface area contributed by atoms with Crippen LogP contribution in [-0.4, -0.2) is 31.4 Å². The van der Waals surface area contributed by atoms with Crippen LogP contribution in [0.2, 0.25) is 0 Å². The maximum absolute atomic E-state index is 12.2. The Morgan fingerprint density at radius 3 is 3.00 bits per heavy atom. The maximum atomic E-state index is 12.2. The van der Waals surface area contributed by atoms with Crippen LogP contribution in [0.15, 0.2) is 22.1 Å². The van der Waals surface area contributed by atoms with Crippen LogP contribution in [-0.2, 0) is 17.6 Å². The van der Waals surface area contributed by atoms with Crippen LogP contribution in [0.3, 0.4) is 0 Å². The fourth-order valence-corrected chi connectivity index (χ4v) is 6.12. The molecule has 0 saturated heterocycles. The highest BCUT2D eigenvalue weighted by Gasteiger charge is 2.25. The second-order valence-corrected chi connectivity index (χ2v) is 10.1. The number of nitrogens with one attached hydrogen (secondary N) is 1. The van der Waals surface area contributed by atoms with E-state index in [1.54, 1.807) is 6.20 Å². The molecule has 0 aromatic carbocycles. The standard InChI is InChI=1S/C19H23N5OS3/c1-11(2)24-17(14-9-27-15-8-12(3)4-5-13(14)15)22-23-19(24)28-10-16(25)21-18-20-6-7-26-18/h6-7,9,11-12H,4-5,8,10H2,1-3H3,(H,20,21,25). The van der Waals surface area contributed by atoms with Gasteiger partial charge in [-0.1, -0.05) is 18.7 Å². The first-order valence-electron chi connectivity index (χ1n) is 9.39. The van der Waals surface area contributed by atoms with Gasteiger partial charge in [-0.05, 0) is 44.6 Å². The fraction of sp³-hybridized carbons (Fsp3) is 0.474. The molecule has 0 spiro atoms. The van der Waals surface area contributed by atoms with E-state index in [2.05, 4.69) is 51.2 Å². The minimum absolute atomic E-state index is 0.0818. The monoisotopic (exact) mass is 433 g/mol. The van der Waals surface area contributed by atoms with E-state index in [1.807, 2.05) is 16.7 Å². The highest BCUT2D eigenvalue weighted by molar-refractivity contribution is 7.99. The van der Waals surface area contributed by atoms with Gasteiger partial charge in [-0.15, -0.1) is 32.9 Å². The van der Waals surface area contributed by atoms with Gasteiger partial charge in [0.1, 0.15) is 0 Å². The van der Waals surface area contributed by atoms with Crippen molar-refractivity contribution < 1.29 is 4.79 Å². The van der Waals surface area contributed by atoms with Crippen LogP contribution in [0.25, 0.3) is 11.4 Å². The van der Waals surface area contributed by atoms with Gasteiger partial charge in [0.05, 0.1) is 5.75 Å². The number of amides is 1. The molecule has 28 heavy (non-hydrogen) atoms. The van der Waals surface area contributed by atoms with Gasteiger partial charge in [-0.25, -0.2) is 4.98 Å². The van der Waals surface area contributed by atoms with E-state index < -0.39 is 0 Å². The Morgan fingerprint density at radius 2 is 2.25 bits per heavy atom. The molecule has 4 rings (SSSR count). The topological polar surface area (TPSA) is 72.7 Å². The molecule has 1 atom stereocenters. The molecule has 0 fully saturated rings. The molecule has 0 saturated carbocycles. The van der Waals surface area contributed by atoms with E-state index in [1.165, 1.54) is 45.5 Å². The Balaban J connectivity index is 1.54. The number of thiophene rings is 1. The maximum Gasteiger partial charge on any atom is 0.236 e. The summed E-state index contributed by atoms with van der Waals surface area (Å²) in [6.45, 7) is 6.59. The number of carbonyl (C=O) groups is 1. The Morgan fingerprint density at radius 1 is 1.39 bits per heavy atom. The Hall–Kier alpha value is -1.71. The molecular formula is C19H23N5OS3. The Kier molecular flexibility index (Phi) is 5.84. The van der Waals surface area contributed by atoms with Gasteiger partial charge < -0.3 is 5.32 Å². The molecule has 3 aromatic rings. The lowest BCUT2D eigenvalue weighted by Crippen LogP contribution is -2.15. The molecular weight excluding hydrogens is 410 g/mol. The van der Waals surface area contributed by atoms with Gasteiger partial charge in [0, 0.05) is 33.4 Å². The number of thiazole rings is 1. The van der Waals surface area contributed by atoms with Crippen molar-refractivity contribution in [3.8, 4) is 11.4 Å². The summed E-state index contributed by atoms with van der Waals surface area (Å²) in [6, 6.07) is 0.215. The normalized spacial score (nSPS) is 16.4. The van der Waals surface area contributed by atoms with Crippen molar-refractivity contribution in [2.75, 3.05) is 11.1 Å². The molecule has 0 bridgehead atoms. The number of rotatable bonds is 6. The molecule has 1 N–H and O–H groups in total. The summed E-state index contributed by atoms with van der Waals surface area (Å²) in [5, 5.41) is 17.2. The summed E-state index contributed by atoms with van der Waals surface area (Å²) >= 11 is 4.67. The predicted molar refractivity (Wildman–Crippen MR) is 116 cm³/mol. The van der Waals surface area contributed by atoms with Crippen molar-refractivity contribution in [2.45, 2.75) is 51.2 Å². The van der Waals surface area contributed by atoms with Gasteiger partial charge >= 0.3 is 0 Å².